The highest BCUT2D eigenvalue weighted by molar-refractivity contribution is 5.96. The zero-order chi connectivity index (χ0) is 29.9. The third-order valence-electron chi connectivity index (χ3n) is 6.27. The van der Waals surface area contributed by atoms with Crippen molar-refractivity contribution in [3.63, 3.8) is 0 Å². The number of amides is 7. The molecule has 1 aliphatic heterocycles. The lowest BCUT2D eigenvalue weighted by atomic mass is 10.0. The fourth-order valence-corrected chi connectivity index (χ4v) is 4.08. The lowest BCUT2D eigenvalue weighted by Crippen LogP contribution is -2.57. The lowest BCUT2D eigenvalue weighted by Gasteiger charge is -2.29. The first-order valence-corrected chi connectivity index (χ1v) is 13.1. The third kappa shape index (κ3) is 10.5. The molecule has 0 aliphatic carbocycles. The zero-order valence-corrected chi connectivity index (χ0v) is 23.8. The number of likely N-dealkylation sites (N-methyl/N-ethyl adjacent to an activating group) is 1. The Morgan fingerprint density at radius 1 is 0.769 bits per heavy atom. The van der Waals surface area contributed by atoms with Crippen LogP contribution in [0.15, 0.2) is 0 Å². The van der Waals surface area contributed by atoms with Gasteiger partial charge in [0.15, 0.2) is 0 Å². The van der Waals surface area contributed by atoms with Crippen molar-refractivity contribution < 1.29 is 33.6 Å². The van der Waals surface area contributed by atoms with Crippen molar-refractivity contribution in [1.29, 1.82) is 0 Å². The summed E-state index contributed by atoms with van der Waals surface area (Å²) in [5, 5.41) is 15.1. The standard InChI is InChI=1S/C25H43N7O7/c1-13(2)20(23(37)28-11-18(34)26-7)31-19(35)12-27-22(36)17-9-8-10-32(17)25(39)15(5)29-24(38)21(14(3)4)30-16(6)33/h13-15,17,20-21H,8-12H2,1-7H3,(H,26,34)(H,27,36)(H,28,37)(H,29,38)(H,30,33)(H,31,35)/t15-,17-,20+,21+/m1/s1. The quantitative estimate of drug-likeness (QED) is 0.148. The second kappa shape index (κ2) is 15.6. The van der Waals surface area contributed by atoms with Crippen LogP contribution >= 0.6 is 0 Å². The van der Waals surface area contributed by atoms with E-state index in [-0.39, 0.29) is 30.2 Å². The highest BCUT2D eigenvalue weighted by Gasteiger charge is 2.37. The minimum absolute atomic E-state index is 0.204. The Balaban J connectivity index is 2.71. The van der Waals surface area contributed by atoms with E-state index in [1.165, 1.54) is 25.8 Å². The Bertz CT molecular complexity index is 938. The highest BCUT2D eigenvalue weighted by atomic mass is 16.2. The van der Waals surface area contributed by atoms with Crippen molar-refractivity contribution in [2.45, 2.75) is 78.6 Å². The summed E-state index contributed by atoms with van der Waals surface area (Å²) in [4.78, 5) is 87.6. The normalized spacial score (nSPS) is 17.1. The van der Waals surface area contributed by atoms with Crippen molar-refractivity contribution >= 4 is 41.4 Å². The maximum atomic E-state index is 13.1. The maximum absolute atomic E-state index is 13.1. The smallest absolute Gasteiger partial charge is 0.245 e. The van der Waals surface area contributed by atoms with Crippen molar-refractivity contribution in [3.8, 4) is 0 Å². The average Bonchev–Trinajstić information content (AvgIpc) is 3.36. The van der Waals surface area contributed by atoms with Gasteiger partial charge in [0, 0.05) is 20.5 Å². The molecule has 1 aliphatic rings. The summed E-state index contributed by atoms with van der Waals surface area (Å²) in [6.07, 6.45) is 0.953. The molecule has 0 radical (unpaired) electrons. The number of hydrogen-bond acceptors (Lipinski definition) is 7. The molecule has 0 aromatic carbocycles. The molecule has 0 bridgehead atoms. The molecule has 14 nitrogen and oxygen atoms in total. The van der Waals surface area contributed by atoms with E-state index in [4.69, 9.17) is 0 Å². The number of carbonyl (C=O) groups excluding carboxylic acids is 7. The minimum atomic E-state index is -0.940. The summed E-state index contributed by atoms with van der Waals surface area (Å²) in [5.74, 6) is -3.87. The zero-order valence-electron chi connectivity index (χ0n) is 23.8. The summed E-state index contributed by atoms with van der Waals surface area (Å²) in [6, 6.07) is -3.49. The van der Waals surface area contributed by atoms with E-state index < -0.39 is 60.2 Å². The van der Waals surface area contributed by atoms with Crippen molar-refractivity contribution in [2.75, 3.05) is 26.7 Å². The van der Waals surface area contributed by atoms with E-state index in [0.717, 1.165) is 0 Å². The van der Waals surface area contributed by atoms with Crippen molar-refractivity contribution in [1.82, 2.24) is 36.8 Å². The molecule has 1 heterocycles. The largest absolute Gasteiger partial charge is 0.358 e. The highest BCUT2D eigenvalue weighted by Crippen LogP contribution is 2.18. The first-order valence-electron chi connectivity index (χ1n) is 13.1. The van der Waals surface area contributed by atoms with Gasteiger partial charge in [-0.15, -0.1) is 0 Å². The summed E-state index contributed by atoms with van der Waals surface area (Å²) < 4.78 is 0. The fraction of sp³-hybridized carbons (Fsp3) is 0.720. The van der Waals surface area contributed by atoms with Gasteiger partial charge >= 0.3 is 0 Å². The van der Waals surface area contributed by atoms with E-state index in [2.05, 4.69) is 31.9 Å². The molecule has 6 N–H and O–H groups in total. The van der Waals surface area contributed by atoms with Crippen LogP contribution in [0.25, 0.3) is 0 Å². The topological polar surface area (TPSA) is 195 Å². The predicted octanol–water partition coefficient (Wildman–Crippen LogP) is -2.24. The Morgan fingerprint density at radius 2 is 1.33 bits per heavy atom. The van der Waals surface area contributed by atoms with Gasteiger partial charge in [0.05, 0.1) is 13.1 Å². The molecule has 0 aromatic rings. The van der Waals surface area contributed by atoms with Gasteiger partial charge in [0.25, 0.3) is 0 Å². The number of nitrogens with zero attached hydrogens (tertiary/aromatic N) is 1. The molecule has 220 valence electrons. The summed E-state index contributed by atoms with van der Waals surface area (Å²) >= 11 is 0. The number of rotatable bonds is 13. The molecule has 0 spiro atoms. The molecule has 0 unspecified atom stereocenters. The van der Waals surface area contributed by atoms with Gasteiger partial charge in [-0.05, 0) is 31.6 Å². The summed E-state index contributed by atoms with van der Waals surface area (Å²) in [5.41, 5.74) is 0. The summed E-state index contributed by atoms with van der Waals surface area (Å²) in [7, 11) is 1.44. The predicted molar refractivity (Wildman–Crippen MR) is 142 cm³/mol. The number of likely N-dealkylation sites (tertiary alicyclic amines) is 1. The SMILES string of the molecule is CNC(=O)CNC(=O)[C@@H](NC(=O)CNC(=O)[C@H]1CCCN1C(=O)[C@@H](C)NC(=O)[C@@H](NC(C)=O)C(C)C)C(C)C. The maximum Gasteiger partial charge on any atom is 0.245 e. The third-order valence-corrected chi connectivity index (χ3v) is 6.27. The van der Waals surface area contributed by atoms with Gasteiger partial charge in [-0.3, -0.25) is 33.6 Å². The van der Waals surface area contributed by atoms with Crippen LogP contribution in [0, 0.1) is 11.8 Å². The van der Waals surface area contributed by atoms with E-state index in [9.17, 15) is 33.6 Å². The van der Waals surface area contributed by atoms with Gasteiger partial charge in [-0.1, -0.05) is 27.7 Å². The Hall–Kier alpha value is -3.71. The lowest BCUT2D eigenvalue weighted by molar-refractivity contribution is -0.141. The van der Waals surface area contributed by atoms with Crippen LogP contribution in [0.5, 0.6) is 0 Å². The molecule has 0 saturated carbocycles. The minimum Gasteiger partial charge on any atom is -0.358 e. The molecule has 1 saturated heterocycles. The van der Waals surface area contributed by atoms with Crippen LogP contribution < -0.4 is 31.9 Å². The van der Waals surface area contributed by atoms with E-state index in [0.29, 0.717) is 19.4 Å². The Kier molecular flexibility index (Phi) is 13.4. The first kappa shape index (κ1) is 33.3. The van der Waals surface area contributed by atoms with E-state index in [1.54, 1.807) is 27.7 Å². The van der Waals surface area contributed by atoms with Gasteiger partial charge < -0.3 is 36.8 Å². The van der Waals surface area contributed by atoms with Gasteiger partial charge in [0.1, 0.15) is 24.2 Å². The van der Waals surface area contributed by atoms with Crippen LogP contribution in [-0.2, 0) is 33.6 Å². The molecular formula is C25H43N7O7. The van der Waals surface area contributed by atoms with Gasteiger partial charge in [-0.25, -0.2) is 0 Å². The monoisotopic (exact) mass is 553 g/mol. The number of nitrogens with one attached hydrogen (secondary N) is 6. The second-order valence-electron chi connectivity index (χ2n) is 10.2. The van der Waals surface area contributed by atoms with E-state index >= 15 is 0 Å². The number of hydrogen-bond donors (Lipinski definition) is 6. The molecule has 1 rings (SSSR count). The van der Waals surface area contributed by atoms with Crippen molar-refractivity contribution in [3.05, 3.63) is 0 Å². The average molecular weight is 554 g/mol. The Morgan fingerprint density at radius 3 is 1.87 bits per heavy atom. The molecule has 39 heavy (non-hydrogen) atoms. The molecule has 4 atom stereocenters. The van der Waals surface area contributed by atoms with Gasteiger partial charge in [-0.2, -0.15) is 0 Å². The van der Waals surface area contributed by atoms with Gasteiger partial charge in [0.2, 0.25) is 41.4 Å². The van der Waals surface area contributed by atoms with Crippen LogP contribution in [0.2, 0.25) is 0 Å². The number of carbonyl (C=O) groups is 7. The molecule has 7 amide bonds. The fourth-order valence-electron chi connectivity index (χ4n) is 4.08. The first-order chi connectivity index (χ1) is 18.2. The van der Waals surface area contributed by atoms with Crippen LogP contribution in [-0.4, -0.2) is 97.1 Å². The molecule has 14 heteroatoms. The van der Waals surface area contributed by atoms with E-state index in [1.807, 2.05) is 0 Å². The van der Waals surface area contributed by atoms with Crippen molar-refractivity contribution in [2.24, 2.45) is 11.8 Å². The molecule has 1 fully saturated rings. The molecular weight excluding hydrogens is 510 g/mol. The molecule has 0 aromatic heterocycles. The van der Waals surface area contributed by atoms with Crippen LogP contribution in [0.3, 0.4) is 0 Å². The van der Waals surface area contributed by atoms with Crippen LogP contribution in [0.1, 0.15) is 54.4 Å². The Labute approximate surface area is 229 Å². The van der Waals surface area contributed by atoms with Crippen LogP contribution in [0.4, 0.5) is 0 Å². The summed E-state index contributed by atoms with van der Waals surface area (Å²) in [6.45, 7) is 9.46. The second-order valence-corrected chi connectivity index (χ2v) is 10.2.